The predicted octanol–water partition coefficient (Wildman–Crippen LogP) is 5.80. The number of hydrogen-bond donors (Lipinski definition) is 1. The quantitative estimate of drug-likeness (QED) is 0.466. The highest BCUT2D eigenvalue weighted by Crippen LogP contribution is 2.28. The van der Waals surface area contributed by atoms with E-state index in [0.717, 1.165) is 16.7 Å². The first kappa shape index (κ1) is 18.1. The fraction of sp³-hybridized carbons (Fsp3) is 0.0909. The molecule has 140 valence electrons. The average Bonchev–Trinajstić information content (AvgIpc) is 3.14. The standard InChI is InChI=1S/C22H17ClN2O3/c1-2-27-19-11-10-14(13-17(19)23)21(26)24-16-7-5-6-15(12-16)22-25-18-8-3-4-9-20(18)28-22/h3-13H,2H2,1H3,(H,24,26). The molecule has 0 atom stereocenters. The van der Waals surface area contributed by atoms with Crippen molar-refractivity contribution in [3.8, 4) is 17.2 Å². The van der Waals surface area contributed by atoms with E-state index in [1.165, 1.54) is 0 Å². The second kappa shape index (κ2) is 7.74. The Hall–Kier alpha value is -3.31. The monoisotopic (exact) mass is 392 g/mol. The third kappa shape index (κ3) is 3.70. The lowest BCUT2D eigenvalue weighted by Crippen LogP contribution is -2.12. The highest BCUT2D eigenvalue weighted by molar-refractivity contribution is 6.32. The Labute approximate surface area is 166 Å². The van der Waals surface area contributed by atoms with Gasteiger partial charge in [0.2, 0.25) is 5.89 Å². The minimum Gasteiger partial charge on any atom is -0.492 e. The molecule has 0 saturated heterocycles. The van der Waals surface area contributed by atoms with Crippen LogP contribution in [0.2, 0.25) is 5.02 Å². The first-order chi connectivity index (χ1) is 13.6. The van der Waals surface area contributed by atoms with Crippen molar-refractivity contribution in [1.29, 1.82) is 0 Å². The zero-order chi connectivity index (χ0) is 19.5. The second-order valence-corrected chi connectivity index (χ2v) is 6.51. The summed E-state index contributed by atoms with van der Waals surface area (Å²) in [6.07, 6.45) is 0. The molecule has 0 aliphatic rings. The van der Waals surface area contributed by atoms with Crippen molar-refractivity contribution >= 4 is 34.3 Å². The van der Waals surface area contributed by atoms with Gasteiger partial charge in [0, 0.05) is 16.8 Å². The van der Waals surface area contributed by atoms with E-state index < -0.39 is 0 Å². The number of hydrogen-bond acceptors (Lipinski definition) is 4. The smallest absolute Gasteiger partial charge is 0.255 e. The maximum Gasteiger partial charge on any atom is 0.255 e. The summed E-state index contributed by atoms with van der Waals surface area (Å²) in [5, 5.41) is 3.27. The highest BCUT2D eigenvalue weighted by atomic mass is 35.5. The average molecular weight is 393 g/mol. The first-order valence-corrected chi connectivity index (χ1v) is 9.21. The van der Waals surface area contributed by atoms with Crippen LogP contribution < -0.4 is 10.1 Å². The summed E-state index contributed by atoms with van der Waals surface area (Å²) in [4.78, 5) is 17.1. The van der Waals surface area contributed by atoms with Crippen LogP contribution >= 0.6 is 11.6 Å². The summed E-state index contributed by atoms with van der Waals surface area (Å²) in [6.45, 7) is 2.38. The fourth-order valence-electron chi connectivity index (χ4n) is 2.84. The van der Waals surface area contributed by atoms with Gasteiger partial charge in [0.05, 0.1) is 11.6 Å². The van der Waals surface area contributed by atoms with Crippen molar-refractivity contribution < 1.29 is 13.9 Å². The van der Waals surface area contributed by atoms with Gasteiger partial charge in [-0.2, -0.15) is 0 Å². The van der Waals surface area contributed by atoms with E-state index in [1.54, 1.807) is 24.3 Å². The lowest BCUT2D eigenvalue weighted by atomic mass is 10.1. The molecule has 28 heavy (non-hydrogen) atoms. The van der Waals surface area contributed by atoms with Crippen LogP contribution in [0.15, 0.2) is 71.1 Å². The van der Waals surface area contributed by atoms with Gasteiger partial charge in [0.25, 0.3) is 5.91 Å². The van der Waals surface area contributed by atoms with E-state index in [4.69, 9.17) is 20.8 Å². The fourth-order valence-corrected chi connectivity index (χ4v) is 3.08. The molecule has 4 aromatic rings. The van der Waals surface area contributed by atoms with Crippen molar-refractivity contribution in [2.45, 2.75) is 6.92 Å². The minimum atomic E-state index is -0.264. The Bertz CT molecular complexity index is 1120. The molecule has 0 radical (unpaired) electrons. The van der Waals surface area contributed by atoms with Crippen LogP contribution in [0.4, 0.5) is 5.69 Å². The SMILES string of the molecule is CCOc1ccc(C(=O)Nc2cccc(-c3nc4ccccc4o3)c2)cc1Cl. The second-order valence-electron chi connectivity index (χ2n) is 6.10. The van der Waals surface area contributed by atoms with Gasteiger partial charge in [0.1, 0.15) is 11.3 Å². The maximum absolute atomic E-state index is 12.6. The molecule has 1 aromatic heterocycles. The van der Waals surface area contributed by atoms with Gasteiger partial charge in [-0.3, -0.25) is 4.79 Å². The number of benzene rings is 3. The summed E-state index contributed by atoms with van der Waals surface area (Å²) in [7, 11) is 0. The van der Waals surface area contributed by atoms with Crippen molar-refractivity contribution in [1.82, 2.24) is 4.98 Å². The number of nitrogens with zero attached hydrogens (tertiary/aromatic N) is 1. The molecular formula is C22H17ClN2O3. The highest BCUT2D eigenvalue weighted by Gasteiger charge is 2.12. The van der Waals surface area contributed by atoms with Gasteiger partial charge in [-0.25, -0.2) is 4.98 Å². The number of ether oxygens (including phenoxy) is 1. The molecule has 0 unspecified atom stereocenters. The Morgan fingerprint density at radius 2 is 1.96 bits per heavy atom. The number of fused-ring (bicyclic) bond motifs is 1. The number of nitrogens with one attached hydrogen (secondary N) is 1. The van der Waals surface area contributed by atoms with Gasteiger partial charge >= 0.3 is 0 Å². The Morgan fingerprint density at radius 3 is 2.75 bits per heavy atom. The summed E-state index contributed by atoms with van der Waals surface area (Å²) < 4.78 is 11.2. The molecule has 0 bridgehead atoms. The summed E-state index contributed by atoms with van der Waals surface area (Å²) in [5.74, 6) is 0.791. The molecule has 0 aliphatic heterocycles. The molecule has 0 fully saturated rings. The van der Waals surface area contributed by atoms with Crippen LogP contribution in [-0.4, -0.2) is 17.5 Å². The topological polar surface area (TPSA) is 64.4 Å². The normalized spacial score (nSPS) is 10.8. The molecule has 3 aromatic carbocycles. The lowest BCUT2D eigenvalue weighted by molar-refractivity contribution is 0.102. The third-order valence-corrected chi connectivity index (χ3v) is 4.45. The van der Waals surface area contributed by atoms with Crippen molar-refractivity contribution in [3.63, 3.8) is 0 Å². The van der Waals surface area contributed by atoms with Crippen LogP contribution in [0, 0.1) is 0 Å². The van der Waals surface area contributed by atoms with Crippen LogP contribution in [0.25, 0.3) is 22.6 Å². The van der Waals surface area contributed by atoms with Gasteiger partial charge in [0.15, 0.2) is 5.58 Å². The largest absolute Gasteiger partial charge is 0.492 e. The van der Waals surface area contributed by atoms with E-state index in [9.17, 15) is 4.79 Å². The molecule has 0 aliphatic carbocycles. The van der Waals surface area contributed by atoms with E-state index in [2.05, 4.69) is 10.3 Å². The maximum atomic E-state index is 12.6. The molecule has 0 spiro atoms. The van der Waals surface area contributed by atoms with Gasteiger partial charge in [-0.05, 0) is 55.5 Å². The zero-order valence-corrected chi connectivity index (χ0v) is 15.9. The molecule has 5 nitrogen and oxygen atoms in total. The van der Waals surface area contributed by atoms with Crippen LogP contribution in [-0.2, 0) is 0 Å². The number of anilines is 1. The molecule has 1 N–H and O–H groups in total. The van der Waals surface area contributed by atoms with Crippen LogP contribution in [0.3, 0.4) is 0 Å². The summed E-state index contributed by atoms with van der Waals surface area (Å²) >= 11 is 6.17. The van der Waals surface area contributed by atoms with Crippen molar-refractivity contribution in [2.75, 3.05) is 11.9 Å². The van der Waals surface area contributed by atoms with Crippen molar-refractivity contribution in [3.05, 3.63) is 77.3 Å². The van der Waals surface area contributed by atoms with Gasteiger partial charge in [-0.15, -0.1) is 0 Å². The van der Waals surface area contributed by atoms with Crippen molar-refractivity contribution in [2.24, 2.45) is 0 Å². The van der Waals surface area contributed by atoms with E-state index in [1.807, 2.05) is 49.4 Å². The number of aromatic nitrogens is 1. The van der Waals surface area contributed by atoms with E-state index in [-0.39, 0.29) is 5.91 Å². The van der Waals surface area contributed by atoms with Crippen LogP contribution in [0.1, 0.15) is 17.3 Å². The molecule has 4 rings (SSSR count). The van der Waals surface area contributed by atoms with Gasteiger partial charge in [-0.1, -0.05) is 29.8 Å². The molecule has 1 amide bonds. The number of halogens is 1. The third-order valence-electron chi connectivity index (χ3n) is 4.16. The van der Waals surface area contributed by atoms with E-state index >= 15 is 0 Å². The number of carbonyl (C=O) groups is 1. The van der Waals surface area contributed by atoms with E-state index in [0.29, 0.717) is 34.5 Å². The minimum absolute atomic E-state index is 0.264. The first-order valence-electron chi connectivity index (χ1n) is 8.84. The molecule has 0 saturated carbocycles. The lowest BCUT2D eigenvalue weighted by Gasteiger charge is -2.09. The number of rotatable bonds is 5. The molecule has 6 heteroatoms. The number of oxazole rings is 1. The summed E-state index contributed by atoms with van der Waals surface area (Å²) in [6, 6.07) is 19.9. The Kier molecular flexibility index (Phi) is 5.00. The number of para-hydroxylation sites is 2. The Morgan fingerprint density at radius 1 is 1.11 bits per heavy atom. The predicted molar refractivity (Wildman–Crippen MR) is 110 cm³/mol. The van der Waals surface area contributed by atoms with Gasteiger partial charge < -0.3 is 14.5 Å². The zero-order valence-electron chi connectivity index (χ0n) is 15.1. The number of carbonyl (C=O) groups excluding carboxylic acids is 1. The molecular weight excluding hydrogens is 376 g/mol. The summed E-state index contributed by atoms with van der Waals surface area (Å²) in [5.41, 5.74) is 3.36. The Balaban J connectivity index is 1.56. The van der Waals surface area contributed by atoms with Crippen LogP contribution in [0.5, 0.6) is 5.75 Å². The number of amides is 1. The molecule has 1 heterocycles.